The zero-order valence-electron chi connectivity index (χ0n) is 14.6. The van der Waals surface area contributed by atoms with Crippen LogP contribution in [0.2, 0.25) is 0 Å². The Hall–Kier alpha value is -2.70. The predicted molar refractivity (Wildman–Crippen MR) is 94.1 cm³/mol. The van der Waals surface area contributed by atoms with Crippen LogP contribution >= 0.6 is 0 Å². The summed E-state index contributed by atoms with van der Waals surface area (Å²) in [5.74, 6) is 3.80. The molecule has 0 spiro atoms. The lowest BCUT2D eigenvalue weighted by Gasteiger charge is -2.34. The highest BCUT2D eigenvalue weighted by molar-refractivity contribution is 5.69. The van der Waals surface area contributed by atoms with E-state index in [0.717, 1.165) is 43.1 Å². The second-order valence-corrected chi connectivity index (χ2v) is 6.63. The van der Waals surface area contributed by atoms with E-state index >= 15 is 0 Å². The Morgan fingerprint density at radius 1 is 1.28 bits per heavy atom. The van der Waals surface area contributed by atoms with Gasteiger partial charge in [-0.2, -0.15) is 4.98 Å². The molecule has 1 saturated heterocycles. The summed E-state index contributed by atoms with van der Waals surface area (Å²) in [6, 6.07) is 3.91. The summed E-state index contributed by atoms with van der Waals surface area (Å²) in [4.78, 5) is 15.8. The maximum absolute atomic E-state index is 5.37. The van der Waals surface area contributed by atoms with Gasteiger partial charge in [0.15, 0.2) is 5.82 Å². The van der Waals surface area contributed by atoms with Crippen molar-refractivity contribution in [3.8, 4) is 11.5 Å². The second-order valence-electron chi connectivity index (χ2n) is 6.63. The molecular weight excluding hydrogens is 316 g/mol. The van der Waals surface area contributed by atoms with Gasteiger partial charge in [0.1, 0.15) is 11.6 Å². The Morgan fingerprint density at radius 2 is 2.20 bits per heavy atom. The van der Waals surface area contributed by atoms with Crippen LogP contribution < -0.4 is 4.90 Å². The van der Waals surface area contributed by atoms with Crippen molar-refractivity contribution < 1.29 is 4.52 Å². The smallest absolute Gasteiger partial charge is 0.261 e. The first-order valence-corrected chi connectivity index (χ1v) is 8.67. The summed E-state index contributed by atoms with van der Waals surface area (Å²) in [6.45, 7) is 3.78. The van der Waals surface area contributed by atoms with Crippen LogP contribution in [0, 0.1) is 12.8 Å². The maximum atomic E-state index is 5.37. The summed E-state index contributed by atoms with van der Waals surface area (Å²) in [5, 5.41) is 3.91. The standard InChI is InChI=1S/C18H22N6O/c1-13-21-18(25-22-13)15-6-3-7-20-17(15)24-9-4-5-14(12-24)11-16-19-8-10-23(16)2/h3,6-8,10,14H,4-5,9,11-12H2,1-2H3. The van der Waals surface area contributed by atoms with E-state index < -0.39 is 0 Å². The Morgan fingerprint density at radius 3 is 2.96 bits per heavy atom. The zero-order valence-corrected chi connectivity index (χ0v) is 14.6. The molecule has 0 N–H and O–H groups in total. The molecule has 0 radical (unpaired) electrons. The van der Waals surface area contributed by atoms with E-state index in [1.54, 1.807) is 0 Å². The van der Waals surface area contributed by atoms with E-state index in [2.05, 4.69) is 36.6 Å². The third-order valence-corrected chi connectivity index (χ3v) is 4.76. The molecule has 4 heterocycles. The van der Waals surface area contributed by atoms with Crippen LogP contribution in [0.4, 0.5) is 5.82 Å². The third-order valence-electron chi connectivity index (χ3n) is 4.76. The summed E-state index contributed by atoms with van der Waals surface area (Å²) in [7, 11) is 2.05. The van der Waals surface area contributed by atoms with Crippen LogP contribution in [-0.4, -0.2) is 37.8 Å². The molecule has 3 aromatic heterocycles. The Balaban J connectivity index is 1.56. The number of rotatable bonds is 4. The molecule has 130 valence electrons. The molecule has 1 unspecified atom stereocenters. The number of piperidine rings is 1. The van der Waals surface area contributed by atoms with Crippen molar-refractivity contribution >= 4 is 5.82 Å². The van der Waals surface area contributed by atoms with Crippen LogP contribution in [0.5, 0.6) is 0 Å². The molecule has 1 aliphatic rings. The van der Waals surface area contributed by atoms with Crippen LogP contribution in [0.3, 0.4) is 0 Å². The molecule has 1 aliphatic heterocycles. The first kappa shape index (κ1) is 15.8. The fraction of sp³-hybridized carbons (Fsp3) is 0.444. The lowest BCUT2D eigenvalue weighted by atomic mass is 9.94. The Kier molecular flexibility index (Phi) is 4.21. The third kappa shape index (κ3) is 3.26. The van der Waals surface area contributed by atoms with Gasteiger partial charge >= 0.3 is 0 Å². The SMILES string of the molecule is Cc1noc(-c2cccnc2N2CCCC(Cc3nccn3C)C2)n1. The second kappa shape index (κ2) is 6.66. The quantitative estimate of drug-likeness (QED) is 0.728. The van der Waals surface area contributed by atoms with E-state index in [9.17, 15) is 0 Å². The lowest BCUT2D eigenvalue weighted by molar-refractivity contribution is 0.400. The normalized spacial score (nSPS) is 17.8. The molecule has 0 amide bonds. The number of aryl methyl sites for hydroxylation is 2. The number of hydrogen-bond donors (Lipinski definition) is 0. The van der Waals surface area contributed by atoms with Gasteiger partial charge in [0.2, 0.25) is 0 Å². The molecular formula is C18H22N6O. The van der Waals surface area contributed by atoms with Crippen LogP contribution in [0.1, 0.15) is 24.5 Å². The highest BCUT2D eigenvalue weighted by atomic mass is 16.5. The number of anilines is 1. The number of nitrogens with zero attached hydrogens (tertiary/aromatic N) is 6. The largest absolute Gasteiger partial charge is 0.356 e. The highest BCUT2D eigenvalue weighted by Crippen LogP contribution is 2.31. The minimum absolute atomic E-state index is 0.534. The van der Waals surface area contributed by atoms with Crippen LogP contribution in [0.25, 0.3) is 11.5 Å². The summed E-state index contributed by atoms with van der Waals surface area (Å²) < 4.78 is 7.47. The molecule has 0 bridgehead atoms. The molecule has 7 heteroatoms. The predicted octanol–water partition coefficient (Wildman–Crippen LogP) is 2.63. The average Bonchev–Trinajstić information content (AvgIpc) is 3.24. The van der Waals surface area contributed by atoms with Crippen molar-refractivity contribution in [3.63, 3.8) is 0 Å². The minimum atomic E-state index is 0.534. The van der Waals surface area contributed by atoms with Gasteiger partial charge < -0.3 is 14.0 Å². The molecule has 0 saturated carbocycles. The number of imidazole rings is 1. The van der Waals surface area contributed by atoms with Gasteiger partial charge in [-0.3, -0.25) is 0 Å². The van der Waals surface area contributed by atoms with Crippen LogP contribution in [0.15, 0.2) is 35.2 Å². The maximum Gasteiger partial charge on any atom is 0.261 e. The van der Waals surface area contributed by atoms with E-state index in [-0.39, 0.29) is 0 Å². The van der Waals surface area contributed by atoms with Gasteiger partial charge in [-0.05, 0) is 37.8 Å². The zero-order chi connectivity index (χ0) is 17.2. The summed E-state index contributed by atoms with van der Waals surface area (Å²) in [5.41, 5.74) is 0.903. The van der Waals surface area contributed by atoms with Crippen molar-refractivity contribution in [1.29, 1.82) is 0 Å². The van der Waals surface area contributed by atoms with Gasteiger partial charge in [0.25, 0.3) is 5.89 Å². The van der Waals surface area contributed by atoms with Crippen molar-refractivity contribution in [3.05, 3.63) is 42.4 Å². The monoisotopic (exact) mass is 338 g/mol. The van der Waals surface area contributed by atoms with Gasteiger partial charge in [-0.15, -0.1) is 0 Å². The average molecular weight is 338 g/mol. The first-order chi connectivity index (χ1) is 12.2. The van der Waals surface area contributed by atoms with Crippen molar-refractivity contribution in [2.45, 2.75) is 26.2 Å². The van der Waals surface area contributed by atoms with Crippen molar-refractivity contribution in [2.75, 3.05) is 18.0 Å². The van der Waals surface area contributed by atoms with Crippen LogP contribution in [-0.2, 0) is 13.5 Å². The lowest BCUT2D eigenvalue weighted by Crippen LogP contribution is -2.37. The van der Waals surface area contributed by atoms with Crippen molar-refractivity contribution in [1.82, 2.24) is 24.7 Å². The fourth-order valence-corrected chi connectivity index (χ4v) is 3.50. The highest BCUT2D eigenvalue weighted by Gasteiger charge is 2.25. The minimum Gasteiger partial charge on any atom is -0.356 e. The fourth-order valence-electron chi connectivity index (χ4n) is 3.50. The van der Waals surface area contributed by atoms with Gasteiger partial charge in [-0.1, -0.05) is 5.16 Å². The molecule has 3 aromatic rings. The molecule has 1 atom stereocenters. The number of aromatic nitrogens is 5. The molecule has 0 aromatic carbocycles. The van der Waals surface area contributed by atoms with E-state index in [4.69, 9.17) is 4.52 Å². The number of pyridine rings is 1. The van der Waals surface area contributed by atoms with E-state index in [0.29, 0.717) is 17.6 Å². The van der Waals surface area contributed by atoms with Crippen molar-refractivity contribution in [2.24, 2.45) is 13.0 Å². The molecule has 0 aliphatic carbocycles. The van der Waals surface area contributed by atoms with E-state index in [1.807, 2.05) is 37.6 Å². The molecule has 25 heavy (non-hydrogen) atoms. The van der Waals surface area contributed by atoms with Gasteiger partial charge in [0, 0.05) is 45.1 Å². The summed E-state index contributed by atoms with van der Waals surface area (Å²) in [6.07, 6.45) is 9.04. The Bertz CT molecular complexity index is 855. The van der Waals surface area contributed by atoms with Gasteiger partial charge in [0.05, 0.1) is 5.56 Å². The molecule has 4 rings (SSSR count). The van der Waals surface area contributed by atoms with Gasteiger partial charge in [-0.25, -0.2) is 9.97 Å². The molecule has 7 nitrogen and oxygen atoms in total. The number of hydrogen-bond acceptors (Lipinski definition) is 6. The Labute approximate surface area is 146 Å². The summed E-state index contributed by atoms with van der Waals surface area (Å²) >= 11 is 0. The molecule has 1 fully saturated rings. The van der Waals surface area contributed by atoms with E-state index in [1.165, 1.54) is 6.42 Å². The topological polar surface area (TPSA) is 72.9 Å². The first-order valence-electron chi connectivity index (χ1n) is 8.67.